The van der Waals surface area contributed by atoms with Gasteiger partial charge in [0.05, 0.1) is 12.5 Å². The zero-order valence-electron chi connectivity index (χ0n) is 14.4. The van der Waals surface area contributed by atoms with Crippen LogP contribution in [0.3, 0.4) is 0 Å². The number of benzene rings is 2. The highest BCUT2D eigenvalue weighted by atomic mass is 35.5. The van der Waals surface area contributed by atoms with E-state index in [1.165, 1.54) is 0 Å². The maximum atomic E-state index is 10.8. The molecule has 4 N–H and O–H groups in total. The number of carboxylic acids is 1. The zero-order valence-corrected chi connectivity index (χ0v) is 15.9. The van der Waals surface area contributed by atoms with E-state index in [-0.39, 0.29) is 12.5 Å². The monoisotopic (exact) mass is 396 g/mol. The number of nitrogens with one attached hydrogen (secondary N) is 2. The summed E-state index contributed by atoms with van der Waals surface area (Å²) in [5, 5.41) is 26.6. The molecule has 0 saturated carbocycles. The normalized spacial score (nSPS) is 13.2. The minimum Gasteiger partial charge on any atom is -0.481 e. The van der Waals surface area contributed by atoms with Crippen molar-refractivity contribution in [1.29, 1.82) is 0 Å². The zero-order chi connectivity index (χ0) is 19.1. The molecule has 0 spiro atoms. The molecular weight excluding hydrogens is 375 g/mol. The summed E-state index contributed by atoms with van der Waals surface area (Å²) in [7, 11) is 0. The second-order valence-corrected chi connectivity index (χ2v) is 6.98. The summed E-state index contributed by atoms with van der Waals surface area (Å²) in [4.78, 5) is 10.8. The standard InChI is InChI=1S/C19H22Cl2N2O3/c1-12(22-11-18(24)14-3-2-4-15(20)7-14)10-23-16-6-5-13(8-19(25)26)17(21)9-16/h2-7,9,12,18,22-24H,8,10-11H2,1H3,(H,25,26). The van der Waals surface area contributed by atoms with Gasteiger partial charge in [0, 0.05) is 34.9 Å². The Labute approximate surface area is 162 Å². The highest BCUT2D eigenvalue weighted by Gasteiger charge is 2.11. The molecular formula is C19H22Cl2N2O3. The Balaban J connectivity index is 1.80. The number of anilines is 1. The van der Waals surface area contributed by atoms with Gasteiger partial charge in [-0.15, -0.1) is 0 Å². The molecule has 0 amide bonds. The minimum absolute atomic E-state index is 0.0984. The van der Waals surface area contributed by atoms with Crippen LogP contribution >= 0.6 is 23.2 Å². The number of carbonyl (C=O) groups is 1. The summed E-state index contributed by atoms with van der Waals surface area (Å²) < 4.78 is 0. The first kappa shape index (κ1) is 20.5. The van der Waals surface area contributed by atoms with Crippen LogP contribution in [0, 0.1) is 0 Å². The molecule has 0 fully saturated rings. The van der Waals surface area contributed by atoms with Crippen LogP contribution in [0.15, 0.2) is 42.5 Å². The van der Waals surface area contributed by atoms with Crippen molar-refractivity contribution in [2.24, 2.45) is 0 Å². The van der Waals surface area contributed by atoms with Gasteiger partial charge in [0.2, 0.25) is 0 Å². The average molecular weight is 397 g/mol. The van der Waals surface area contributed by atoms with Crippen molar-refractivity contribution >= 4 is 34.9 Å². The number of hydrogen-bond donors (Lipinski definition) is 4. The molecule has 0 heterocycles. The van der Waals surface area contributed by atoms with E-state index in [0.29, 0.717) is 28.7 Å². The molecule has 7 heteroatoms. The Morgan fingerprint density at radius 1 is 1.15 bits per heavy atom. The van der Waals surface area contributed by atoms with E-state index < -0.39 is 12.1 Å². The van der Waals surface area contributed by atoms with Crippen molar-refractivity contribution in [2.75, 3.05) is 18.4 Å². The lowest BCUT2D eigenvalue weighted by atomic mass is 10.1. The molecule has 2 unspecified atom stereocenters. The first-order valence-electron chi connectivity index (χ1n) is 8.26. The van der Waals surface area contributed by atoms with Gasteiger partial charge in [0.25, 0.3) is 0 Å². The first-order valence-corrected chi connectivity index (χ1v) is 9.01. The predicted octanol–water partition coefficient (Wildman–Crippen LogP) is 3.74. The Kier molecular flexibility index (Phi) is 7.72. The molecule has 0 bridgehead atoms. The lowest BCUT2D eigenvalue weighted by Gasteiger charge is -2.19. The third-order valence-corrected chi connectivity index (χ3v) is 4.49. The van der Waals surface area contributed by atoms with Crippen molar-refractivity contribution < 1.29 is 15.0 Å². The predicted molar refractivity (Wildman–Crippen MR) is 105 cm³/mol. The van der Waals surface area contributed by atoms with Gasteiger partial charge >= 0.3 is 5.97 Å². The van der Waals surface area contributed by atoms with Crippen LogP contribution in [0.5, 0.6) is 0 Å². The molecule has 2 atom stereocenters. The lowest BCUT2D eigenvalue weighted by Crippen LogP contribution is -2.35. The number of halogens is 2. The number of rotatable bonds is 9. The number of carboxylic acid groups (broad SMARTS) is 1. The van der Waals surface area contributed by atoms with Gasteiger partial charge in [-0.05, 0) is 42.3 Å². The van der Waals surface area contributed by atoms with E-state index in [2.05, 4.69) is 10.6 Å². The van der Waals surface area contributed by atoms with Gasteiger partial charge in [-0.2, -0.15) is 0 Å². The average Bonchev–Trinajstić information content (AvgIpc) is 2.59. The van der Waals surface area contributed by atoms with E-state index in [9.17, 15) is 9.90 Å². The summed E-state index contributed by atoms with van der Waals surface area (Å²) in [5.74, 6) is -0.913. The summed E-state index contributed by atoms with van der Waals surface area (Å²) in [6, 6.07) is 12.5. The number of aliphatic hydroxyl groups excluding tert-OH is 1. The highest BCUT2D eigenvalue weighted by Crippen LogP contribution is 2.21. The Morgan fingerprint density at radius 3 is 2.58 bits per heavy atom. The van der Waals surface area contributed by atoms with Gasteiger partial charge in [0.15, 0.2) is 0 Å². The van der Waals surface area contributed by atoms with Gasteiger partial charge in [0.1, 0.15) is 0 Å². The highest BCUT2D eigenvalue weighted by molar-refractivity contribution is 6.31. The van der Waals surface area contributed by atoms with Gasteiger partial charge < -0.3 is 20.8 Å². The van der Waals surface area contributed by atoms with Crippen LogP contribution in [-0.2, 0) is 11.2 Å². The van der Waals surface area contributed by atoms with Crippen molar-refractivity contribution in [3.63, 3.8) is 0 Å². The molecule has 0 aromatic heterocycles. The smallest absolute Gasteiger partial charge is 0.307 e. The Bertz CT molecular complexity index is 755. The summed E-state index contributed by atoms with van der Waals surface area (Å²) >= 11 is 12.0. The van der Waals surface area contributed by atoms with Crippen LogP contribution < -0.4 is 10.6 Å². The summed E-state index contributed by atoms with van der Waals surface area (Å²) in [5.41, 5.74) is 2.17. The molecule has 0 aliphatic heterocycles. The molecule has 0 radical (unpaired) electrons. The van der Waals surface area contributed by atoms with Crippen molar-refractivity contribution in [3.05, 3.63) is 63.6 Å². The van der Waals surface area contributed by atoms with Gasteiger partial charge in [-0.3, -0.25) is 4.79 Å². The second kappa shape index (κ2) is 9.78. The molecule has 5 nitrogen and oxygen atoms in total. The fourth-order valence-corrected chi connectivity index (χ4v) is 2.90. The third kappa shape index (κ3) is 6.50. The van der Waals surface area contributed by atoms with E-state index in [1.807, 2.05) is 19.1 Å². The number of aliphatic hydroxyl groups is 1. The van der Waals surface area contributed by atoms with E-state index in [4.69, 9.17) is 28.3 Å². The molecule has 2 rings (SSSR count). The van der Waals surface area contributed by atoms with Crippen LogP contribution in [0.4, 0.5) is 5.69 Å². The third-order valence-electron chi connectivity index (χ3n) is 3.90. The van der Waals surface area contributed by atoms with Crippen molar-refractivity contribution in [3.8, 4) is 0 Å². The van der Waals surface area contributed by atoms with Gasteiger partial charge in [-0.1, -0.05) is 41.4 Å². The van der Waals surface area contributed by atoms with Crippen LogP contribution in [0.1, 0.15) is 24.2 Å². The van der Waals surface area contributed by atoms with E-state index >= 15 is 0 Å². The first-order chi connectivity index (χ1) is 12.3. The fraction of sp³-hybridized carbons (Fsp3) is 0.316. The van der Waals surface area contributed by atoms with Crippen molar-refractivity contribution in [1.82, 2.24) is 5.32 Å². The SMILES string of the molecule is CC(CNc1ccc(CC(=O)O)c(Cl)c1)NCC(O)c1cccc(Cl)c1. The molecule has 26 heavy (non-hydrogen) atoms. The summed E-state index contributed by atoms with van der Waals surface area (Å²) in [6.07, 6.45) is -0.737. The minimum atomic E-state index is -0.913. The number of hydrogen-bond acceptors (Lipinski definition) is 4. The van der Waals surface area contributed by atoms with Crippen LogP contribution in [0.2, 0.25) is 10.0 Å². The Hall–Kier alpha value is -1.79. The maximum Gasteiger partial charge on any atom is 0.307 e. The molecule has 140 valence electrons. The molecule has 0 saturated heterocycles. The van der Waals surface area contributed by atoms with Crippen LogP contribution in [-0.4, -0.2) is 35.3 Å². The van der Waals surface area contributed by atoms with Gasteiger partial charge in [-0.25, -0.2) is 0 Å². The quantitative estimate of drug-likeness (QED) is 0.518. The fourth-order valence-electron chi connectivity index (χ4n) is 2.45. The molecule has 0 aliphatic rings. The molecule has 2 aromatic rings. The topological polar surface area (TPSA) is 81.6 Å². The lowest BCUT2D eigenvalue weighted by molar-refractivity contribution is -0.136. The van der Waals surface area contributed by atoms with E-state index in [1.54, 1.807) is 30.3 Å². The molecule has 2 aromatic carbocycles. The second-order valence-electron chi connectivity index (χ2n) is 6.14. The summed E-state index contributed by atoms with van der Waals surface area (Å²) in [6.45, 7) is 3.02. The maximum absolute atomic E-state index is 10.8. The molecule has 0 aliphatic carbocycles. The van der Waals surface area contributed by atoms with Crippen LogP contribution in [0.25, 0.3) is 0 Å². The van der Waals surface area contributed by atoms with Crippen molar-refractivity contribution in [2.45, 2.75) is 25.5 Å². The number of aliphatic carboxylic acids is 1. The van der Waals surface area contributed by atoms with E-state index in [0.717, 1.165) is 11.3 Å². The largest absolute Gasteiger partial charge is 0.481 e. The Morgan fingerprint density at radius 2 is 1.92 bits per heavy atom.